The highest BCUT2D eigenvalue weighted by atomic mass is 16.5. The average Bonchev–Trinajstić information content (AvgIpc) is 2.39. The summed E-state index contributed by atoms with van der Waals surface area (Å²) in [5.41, 5.74) is 5.57. The predicted octanol–water partition coefficient (Wildman–Crippen LogP) is 0.935. The Morgan fingerprint density at radius 1 is 1.32 bits per heavy atom. The zero-order chi connectivity index (χ0) is 13.9. The van der Waals surface area contributed by atoms with Crippen molar-refractivity contribution < 1.29 is 14.3 Å². The van der Waals surface area contributed by atoms with E-state index in [1.165, 1.54) is 0 Å². The highest BCUT2D eigenvalue weighted by Crippen LogP contribution is 2.07. The van der Waals surface area contributed by atoms with Crippen molar-refractivity contribution in [2.45, 2.75) is 19.4 Å². The molecule has 0 aromatic heterocycles. The number of carbonyl (C=O) groups is 1. The molecule has 0 saturated carbocycles. The van der Waals surface area contributed by atoms with Gasteiger partial charge in [0, 0.05) is 12.6 Å². The normalized spacial score (nSPS) is 11.9. The summed E-state index contributed by atoms with van der Waals surface area (Å²) in [5, 5.41) is 2.74. The average molecular weight is 266 g/mol. The van der Waals surface area contributed by atoms with E-state index in [1.807, 2.05) is 37.3 Å². The van der Waals surface area contributed by atoms with E-state index in [0.717, 1.165) is 12.2 Å². The van der Waals surface area contributed by atoms with Gasteiger partial charge < -0.3 is 20.5 Å². The number of benzene rings is 1. The van der Waals surface area contributed by atoms with Gasteiger partial charge in [-0.2, -0.15) is 0 Å². The molecule has 0 radical (unpaired) electrons. The summed E-state index contributed by atoms with van der Waals surface area (Å²) in [6.07, 6.45) is 0.767. The maximum Gasteiger partial charge on any atom is 0.246 e. The standard InChI is InChI=1S/C14H22N2O3/c1-12(15)7-8-16-14(17)11-18-9-10-19-13-5-3-2-4-6-13/h2-6,12H,7-11,15H2,1H3,(H,16,17). The van der Waals surface area contributed by atoms with Crippen molar-refractivity contribution >= 4 is 5.91 Å². The van der Waals surface area contributed by atoms with Crippen molar-refractivity contribution in [2.75, 3.05) is 26.4 Å². The van der Waals surface area contributed by atoms with Gasteiger partial charge in [-0.05, 0) is 25.5 Å². The third-order valence-corrected chi connectivity index (χ3v) is 2.39. The van der Waals surface area contributed by atoms with Crippen LogP contribution in [-0.2, 0) is 9.53 Å². The minimum atomic E-state index is -0.125. The molecule has 106 valence electrons. The number of nitrogens with one attached hydrogen (secondary N) is 1. The van der Waals surface area contributed by atoms with Gasteiger partial charge in [-0.25, -0.2) is 0 Å². The molecular weight excluding hydrogens is 244 g/mol. The quantitative estimate of drug-likeness (QED) is 0.652. The predicted molar refractivity (Wildman–Crippen MR) is 74.0 cm³/mol. The van der Waals surface area contributed by atoms with Crippen LogP contribution in [0.5, 0.6) is 5.75 Å². The Hall–Kier alpha value is -1.59. The van der Waals surface area contributed by atoms with Crippen LogP contribution in [0.1, 0.15) is 13.3 Å². The Kier molecular flexibility index (Phi) is 7.62. The molecular formula is C14H22N2O3. The first-order valence-electron chi connectivity index (χ1n) is 6.46. The topological polar surface area (TPSA) is 73.6 Å². The lowest BCUT2D eigenvalue weighted by atomic mass is 10.2. The van der Waals surface area contributed by atoms with Gasteiger partial charge in [0.1, 0.15) is 19.0 Å². The van der Waals surface area contributed by atoms with Crippen LogP contribution in [0.25, 0.3) is 0 Å². The summed E-state index contributed by atoms with van der Waals surface area (Å²) in [5.74, 6) is 0.674. The monoisotopic (exact) mass is 266 g/mol. The lowest BCUT2D eigenvalue weighted by Crippen LogP contribution is -2.32. The number of amides is 1. The zero-order valence-electron chi connectivity index (χ0n) is 11.3. The number of hydrogen-bond donors (Lipinski definition) is 2. The number of para-hydroxylation sites is 1. The molecule has 0 aliphatic rings. The Labute approximate surface area is 114 Å². The van der Waals surface area contributed by atoms with E-state index in [2.05, 4.69) is 5.32 Å². The van der Waals surface area contributed by atoms with E-state index in [1.54, 1.807) is 0 Å². The first kappa shape index (κ1) is 15.5. The second-order valence-electron chi connectivity index (χ2n) is 4.33. The second kappa shape index (κ2) is 9.35. The van der Waals surface area contributed by atoms with Crippen LogP contribution < -0.4 is 15.8 Å². The maximum absolute atomic E-state index is 11.3. The van der Waals surface area contributed by atoms with Crippen LogP contribution in [-0.4, -0.2) is 38.3 Å². The molecule has 0 fully saturated rings. The molecule has 19 heavy (non-hydrogen) atoms. The van der Waals surface area contributed by atoms with Gasteiger partial charge in [-0.15, -0.1) is 0 Å². The molecule has 0 aliphatic carbocycles. The van der Waals surface area contributed by atoms with Gasteiger partial charge in [0.2, 0.25) is 5.91 Å². The van der Waals surface area contributed by atoms with Crippen LogP contribution in [0.3, 0.4) is 0 Å². The van der Waals surface area contributed by atoms with E-state index >= 15 is 0 Å². The summed E-state index contributed by atoms with van der Waals surface area (Å²) in [6.45, 7) is 3.35. The lowest BCUT2D eigenvalue weighted by Gasteiger charge is -2.08. The smallest absolute Gasteiger partial charge is 0.246 e. The minimum absolute atomic E-state index is 0.0527. The molecule has 0 bridgehead atoms. The van der Waals surface area contributed by atoms with E-state index in [9.17, 15) is 4.79 Å². The summed E-state index contributed by atoms with van der Waals surface area (Å²) >= 11 is 0. The molecule has 1 atom stereocenters. The first-order chi connectivity index (χ1) is 9.18. The van der Waals surface area contributed by atoms with Gasteiger partial charge in [-0.1, -0.05) is 18.2 Å². The Morgan fingerprint density at radius 2 is 2.05 bits per heavy atom. The van der Waals surface area contributed by atoms with Crippen LogP contribution >= 0.6 is 0 Å². The molecule has 1 aromatic carbocycles. The largest absolute Gasteiger partial charge is 0.491 e. The molecule has 1 unspecified atom stereocenters. The molecule has 0 saturated heterocycles. The zero-order valence-corrected chi connectivity index (χ0v) is 11.3. The van der Waals surface area contributed by atoms with Crippen LogP contribution in [0.2, 0.25) is 0 Å². The van der Waals surface area contributed by atoms with Crippen molar-refractivity contribution in [3.05, 3.63) is 30.3 Å². The van der Waals surface area contributed by atoms with Crippen molar-refractivity contribution in [1.82, 2.24) is 5.32 Å². The molecule has 1 amide bonds. The molecule has 1 rings (SSSR count). The van der Waals surface area contributed by atoms with Crippen LogP contribution in [0.4, 0.5) is 0 Å². The fourth-order valence-corrected chi connectivity index (χ4v) is 1.39. The summed E-state index contributed by atoms with van der Waals surface area (Å²) in [4.78, 5) is 11.3. The van der Waals surface area contributed by atoms with Crippen LogP contribution in [0, 0.1) is 0 Å². The number of nitrogens with two attached hydrogens (primary N) is 1. The van der Waals surface area contributed by atoms with Crippen molar-refractivity contribution in [2.24, 2.45) is 5.73 Å². The Bertz CT molecular complexity index is 355. The summed E-state index contributed by atoms with van der Waals surface area (Å²) in [7, 11) is 0. The van der Waals surface area contributed by atoms with Crippen molar-refractivity contribution in [1.29, 1.82) is 0 Å². The van der Waals surface area contributed by atoms with Crippen molar-refractivity contribution in [3.8, 4) is 5.75 Å². The molecule has 1 aromatic rings. The minimum Gasteiger partial charge on any atom is -0.491 e. The summed E-state index contributed by atoms with van der Waals surface area (Å²) < 4.78 is 10.6. The van der Waals surface area contributed by atoms with E-state index in [4.69, 9.17) is 15.2 Å². The van der Waals surface area contributed by atoms with Gasteiger partial charge in [0.15, 0.2) is 0 Å². The Morgan fingerprint density at radius 3 is 2.74 bits per heavy atom. The number of rotatable bonds is 9. The number of hydrogen-bond acceptors (Lipinski definition) is 4. The third-order valence-electron chi connectivity index (χ3n) is 2.39. The van der Waals surface area contributed by atoms with Gasteiger partial charge in [0.05, 0.1) is 6.61 Å². The number of ether oxygens (including phenoxy) is 2. The first-order valence-corrected chi connectivity index (χ1v) is 6.46. The highest BCUT2D eigenvalue weighted by molar-refractivity contribution is 5.77. The van der Waals surface area contributed by atoms with Crippen LogP contribution in [0.15, 0.2) is 30.3 Å². The molecule has 5 nitrogen and oxygen atoms in total. The fourth-order valence-electron chi connectivity index (χ4n) is 1.39. The van der Waals surface area contributed by atoms with E-state index < -0.39 is 0 Å². The molecule has 3 N–H and O–H groups in total. The molecule has 5 heteroatoms. The SMILES string of the molecule is CC(N)CCNC(=O)COCCOc1ccccc1. The molecule has 0 spiro atoms. The Balaban J connectivity index is 1.97. The maximum atomic E-state index is 11.3. The van der Waals surface area contributed by atoms with Gasteiger partial charge >= 0.3 is 0 Å². The molecule has 0 aliphatic heterocycles. The fraction of sp³-hybridized carbons (Fsp3) is 0.500. The lowest BCUT2D eigenvalue weighted by molar-refractivity contribution is -0.125. The second-order valence-corrected chi connectivity index (χ2v) is 4.33. The van der Waals surface area contributed by atoms with E-state index in [-0.39, 0.29) is 18.6 Å². The van der Waals surface area contributed by atoms with Gasteiger partial charge in [-0.3, -0.25) is 4.79 Å². The van der Waals surface area contributed by atoms with E-state index in [0.29, 0.717) is 19.8 Å². The number of carbonyl (C=O) groups excluding carboxylic acids is 1. The highest BCUT2D eigenvalue weighted by Gasteiger charge is 2.01. The third kappa shape index (κ3) is 8.18. The van der Waals surface area contributed by atoms with Gasteiger partial charge in [0.25, 0.3) is 0 Å². The summed E-state index contributed by atoms with van der Waals surface area (Å²) in [6, 6.07) is 9.59. The molecule has 0 heterocycles. The van der Waals surface area contributed by atoms with Crippen molar-refractivity contribution in [3.63, 3.8) is 0 Å².